The lowest BCUT2D eigenvalue weighted by Gasteiger charge is -2.33. The molecule has 0 spiro atoms. The second kappa shape index (κ2) is 10.6. The minimum Gasteiger partial charge on any atom is -0.492 e. The van der Waals surface area contributed by atoms with Crippen molar-refractivity contribution in [1.29, 1.82) is 0 Å². The molecule has 2 aliphatic rings. The van der Waals surface area contributed by atoms with Gasteiger partial charge in [0.1, 0.15) is 23.1 Å². The fraction of sp³-hybridized carbons (Fsp3) is 0.458. The first kappa shape index (κ1) is 24.9. The molecule has 1 fully saturated rings. The first-order valence-electron chi connectivity index (χ1n) is 11.7. The van der Waals surface area contributed by atoms with Crippen LogP contribution in [0.2, 0.25) is 0 Å². The van der Waals surface area contributed by atoms with Crippen LogP contribution in [0.1, 0.15) is 34.5 Å². The van der Waals surface area contributed by atoms with Crippen molar-refractivity contribution in [1.82, 2.24) is 15.2 Å². The van der Waals surface area contributed by atoms with Crippen LogP contribution in [0.25, 0.3) is 0 Å². The number of ether oxygens (including phenoxy) is 1. The lowest BCUT2D eigenvalue weighted by molar-refractivity contribution is 0.0946. The number of likely N-dealkylation sites (N-methyl/N-ethyl adjacent to an activating group) is 1. The number of piperidine rings is 1. The molecule has 4 rings (SSSR count). The summed E-state index contributed by atoms with van der Waals surface area (Å²) in [7, 11) is 0.327. The molecule has 3 N–H and O–H groups in total. The molecule has 0 unspecified atom stereocenters. The maximum atomic E-state index is 12.5. The first-order chi connectivity index (χ1) is 16.7. The standard InChI is InChI=1S/C24H32N6O4S/c1-29(2)13-11-26-24(31)19-8-4-10-21(27-19)30-12-5-6-17(14-30)15-34-20-9-3-7-18-16-35(32,33)28-23(25)22(18)20/h3-4,7-10,17H,5-6,11-16H2,1-2H3,(H2,25,28)(H,26,31)/t17-/m0/s1. The quantitative estimate of drug-likeness (QED) is 0.553. The van der Waals surface area contributed by atoms with Crippen molar-refractivity contribution < 1.29 is 17.9 Å². The average molecular weight is 501 g/mol. The van der Waals surface area contributed by atoms with Crippen molar-refractivity contribution in [3.63, 3.8) is 0 Å². The number of aromatic nitrogens is 1. The molecule has 0 aliphatic carbocycles. The molecule has 2 aromatic rings. The van der Waals surface area contributed by atoms with Gasteiger partial charge in [0.15, 0.2) is 0 Å². The van der Waals surface area contributed by atoms with Gasteiger partial charge in [-0.3, -0.25) is 4.79 Å². The van der Waals surface area contributed by atoms with Crippen molar-refractivity contribution in [2.45, 2.75) is 18.6 Å². The molecule has 11 heteroatoms. The van der Waals surface area contributed by atoms with E-state index >= 15 is 0 Å². The van der Waals surface area contributed by atoms with E-state index in [1.807, 2.05) is 31.1 Å². The number of carbonyl (C=O) groups excluding carboxylic acids is 1. The summed E-state index contributed by atoms with van der Waals surface area (Å²) in [5, 5.41) is 2.90. The van der Waals surface area contributed by atoms with Gasteiger partial charge < -0.3 is 25.6 Å². The highest BCUT2D eigenvalue weighted by Crippen LogP contribution is 2.29. The molecule has 0 radical (unpaired) electrons. The Hall–Kier alpha value is -3.18. The van der Waals surface area contributed by atoms with Gasteiger partial charge in [-0.05, 0) is 50.7 Å². The Bertz CT molecular complexity index is 1210. The van der Waals surface area contributed by atoms with Crippen LogP contribution < -0.4 is 20.7 Å². The van der Waals surface area contributed by atoms with E-state index in [0.29, 0.717) is 35.7 Å². The Morgan fingerprint density at radius 3 is 2.86 bits per heavy atom. The largest absolute Gasteiger partial charge is 0.492 e. The van der Waals surface area contributed by atoms with E-state index in [0.717, 1.165) is 38.3 Å². The minimum atomic E-state index is -3.59. The Labute approximate surface area is 206 Å². The number of nitrogens with zero attached hydrogens (tertiary/aromatic N) is 4. The van der Waals surface area contributed by atoms with Crippen LogP contribution >= 0.6 is 0 Å². The van der Waals surface area contributed by atoms with E-state index in [2.05, 4.69) is 19.6 Å². The average Bonchev–Trinajstić information content (AvgIpc) is 2.81. The van der Waals surface area contributed by atoms with Crippen molar-refractivity contribution in [3.05, 3.63) is 53.2 Å². The number of nitrogens with one attached hydrogen (secondary N) is 1. The van der Waals surface area contributed by atoms with Gasteiger partial charge in [0.25, 0.3) is 15.9 Å². The number of sulfonamides is 1. The van der Waals surface area contributed by atoms with Crippen molar-refractivity contribution in [2.24, 2.45) is 16.0 Å². The summed E-state index contributed by atoms with van der Waals surface area (Å²) in [5.74, 6) is 1.17. The summed E-state index contributed by atoms with van der Waals surface area (Å²) in [4.78, 5) is 21.3. The Morgan fingerprint density at radius 1 is 1.26 bits per heavy atom. The molecule has 3 heterocycles. The maximum Gasteiger partial charge on any atom is 0.270 e. The zero-order valence-electron chi connectivity index (χ0n) is 20.1. The van der Waals surface area contributed by atoms with Gasteiger partial charge in [0.2, 0.25) is 0 Å². The van der Waals surface area contributed by atoms with Gasteiger partial charge >= 0.3 is 0 Å². The Morgan fingerprint density at radius 2 is 2.06 bits per heavy atom. The summed E-state index contributed by atoms with van der Waals surface area (Å²) < 4.78 is 33.6. The molecule has 10 nitrogen and oxygen atoms in total. The third-order valence-electron chi connectivity index (χ3n) is 6.07. The van der Waals surface area contributed by atoms with Gasteiger partial charge in [-0.25, -0.2) is 13.4 Å². The molecule has 35 heavy (non-hydrogen) atoms. The summed E-state index contributed by atoms with van der Waals surface area (Å²) in [6.45, 7) is 3.37. The summed E-state index contributed by atoms with van der Waals surface area (Å²) in [5.41, 5.74) is 7.52. The van der Waals surface area contributed by atoms with Crippen molar-refractivity contribution >= 4 is 27.6 Å². The molecule has 0 saturated carbocycles. The fourth-order valence-electron chi connectivity index (χ4n) is 4.36. The third-order valence-corrected chi connectivity index (χ3v) is 7.22. The maximum absolute atomic E-state index is 12.5. The molecular weight excluding hydrogens is 468 g/mol. The summed E-state index contributed by atoms with van der Waals surface area (Å²) in [6, 6.07) is 10.8. The molecule has 1 saturated heterocycles. The number of nitrogens with two attached hydrogens (primary N) is 1. The van der Waals surface area contributed by atoms with Gasteiger partial charge in [-0.1, -0.05) is 18.2 Å². The third kappa shape index (κ3) is 6.29. The van der Waals surface area contributed by atoms with E-state index < -0.39 is 10.0 Å². The van der Waals surface area contributed by atoms with Crippen LogP contribution in [0, 0.1) is 5.92 Å². The summed E-state index contributed by atoms with van der Waals surface area (Å²) in [6.07, 6.45) is 1.97. The van der Waals surface area contributed by atoms with Crippen molar-refractivity contribution in [2.75, 3.05) is 51.8 Å². The molecular formula is C24H32N6O4S. The number of amidine groups is 1. The lowest BCUT2D eigenvalue weighted by Crippen LogP contribution is -2.39. The number of fused-ring (bicyclic) bond motifs is 1. The monoisotopic (exact) mass is 500 g/mol. The Balaban J connectivity index is 1.39. The van der Waals surface area contributed by atoms with Crippen molar-refractivity contribution in [3.8, 4) is 5.75 Å². The fourth-order valence-corrected chi connectivity index (χ4v) is 5.45. The first-order valence-corrected chi connectivity index (χ1v) is 13.3. The van der Waals surface area contributed by atoms with E-state index in [1.54, 1.807) is 24.3 Å². The van der Waals surface area contributed by atoms with Gasteiger partial charge in [-0.15, -0.1) is 4.40 Å². The molecule has 0 bridgehead atoms. The topological polar surface area (TPSA) is 130 Å². The normalized spacial score (nSPS) is 19.1. The number of benzene rings is 1. The van der Waals surface area contributed by atoms with Crippen LogP contribution in [-0.2, 0) is 15.8 Å². The predicted molar refractivity (Wildman–Crippen MR) is 135 cm³/mol. The smallest absolute Gasteiger partial charge is 0.270 e. The molecule has 1 aromatic heterocycles. The number of anilines is 1. The highest BCUT2D eigenvalue weighted by atomic mass is 32.2. The molecule has 1 amide bonds. The van der Waals surface area contributed by atoms with Gasteiger partial charge in [-0.2, -0.15) is 0 Å². The van der Waals surface area contributed by atoms with Gasteiger partial charge in [0.05, 0.1) is 17.9 Å². The van der Waals surface area contributed by atoms with Crippen LogP contribution in [0.3, 0.4) is 0 Å². The SMILES string of the molecule is CN(C)CCNC(=O)c1cccc(N2CCC[C@H](COc3cccc4c3C(N)=NS(=O)(=O)C4)C2)n1. The number of amides is 1. The number of carbonyl (C=O) groups is 1. The Kier molecular flexibility index (Phi) is 7.56. The summed E-state index contributed by atoms with van der Waals surface area (Å²) >= 11 is 0. The highest BCUT2D eigenvalue weighted by Gasteiger charge is 2.27. The molecule has 1 aromatic carbocycles. The van der Waals surface area contributed by atoms with Gasteiger partial charge in [0, 0.05) is 32.1 Å². The lowest BCUT2D eigenvalue weighted by atomic mass is 9.98. The number of hydrogen-bond donors (Lipinski definition) is 2. The van der Waals surface area contributed by atoms with E-state index in [9.17, 15) is 13.2 Å². The zero-order valence-corrected chi connectivity index (χ0v) is 20.9. The van der Waals surface area contributed by atoms with Crippen LogP contribution in [0.5, 0.6) is 5.75 Å². The second-order valence-corrected chi connectivity index (χ2v) is 10.8. The highest BCUT2D eigenvalue weighted by molar-refractivity contribution is 7.89. The van der Waals surface area contributed by atoms with Crippen LogP contribution in [0.15, 0.2) is 40.8 Å². The van der Waals surface area contributed by atoms with E-state index in [1.165, 1.54) is 0 Å². The number of hydrogen-bond acceptors (Lipinski definition) is 8. The number of rotatable bonds is 8. The van der Waals surface area contributed by atoms with E-state index in [-0.39, 0.29) is 23.4 Å². The number of pyridine rings is 1. The van der Waals surface area contributed by atoms with Crippen LogP contribution in [0.4, 0.5) is 5.82 Å². The molecule has 188 valence electrons. The second-order valence-electron chi connectivity index (χ2n) is 9.20. The zero-order chi connectivity index (χ0) is 25.0. The van der Waals surface area contributed by atoms with E-state index in [4.69, 9.17) is 10.5 Å². The predicted octanol–water partition coefficient (Wildman–Crippen LogP) is 1.22. The van der Waals surface area contributed by atoms with Crippen LogP contribution in [-0.4, -0.2) is 76.9 Å². The molecule has 2 aliphatic heterocycles. The minimum absolute atomic E-state index is 0.0306. The molecule has 1 atom stereocenters.